The third-order valence-electron chi connectivity index (χ3n) is 5.24. The van der Waals surface area contributed by atoms with Gasteiger partial charge < -0.3 is 9.84 Å². The van der Waals surface area contributed by atoms with Gasteiger partial charge in [-0.05, 0) is 53.8 Å². The molecule has 1 N–H and O–H groups in total. The highest BCUT2D eigenvalue weighted by Gasteiger charge is 2.31. The fourth-order valence-corrected chi connectivity index (χ4v) is 4.05. The quantitative estimate of drug-likeness (QED) is 0.668. The predicted molar refractivity (Wildman–Crippen MR) is 105 cm³/mol. The molecule has 1 unspecified atom stereocenters. The molecule has 28 heavy (non-hydrogen) atoms. The Labute approximate surface area is 162 Å². The lowest BCUT2D eigenvalue weighted by atomic mass is 9.75. The van der Waals surface area contributed by atoms with Crippen LogP contribution < -0.4 is 0 Å². The maximum absolute atomic E-state index is 13.3. The molecule has 1 atom stereocenters. The molecule has 142 valence electrons. The molecule has 1 aliphatic rings. The van der Waals surface area contributed by atoms with Crippen LogP contribution in [0.25, 0.3) is 22.4 Å². The van der Waals surface area contributed by atoms with Gasteiger partial charge >= 0.3 is 5.97 Å². The highest BCUT2D eigenvalue weighted by Crippen LogP contribution is 2.48. The first kappa shape index (κ1) is 18.2. The Morgan fingerprint density at radius 3 is 2.71 bits per heavy atom. The molecule has 1 aromatic heterocycles. The number of ether oxygens (including phenoxy) is 1. The zero-order valence-electron chi connectivity index (χ0n) is 15.7. The highest BCUT2D eigenvalue weighted by molar-refractivity contribution is 5.85. The summed E-state index contributed by atoms with van der Waals surface area (Å²) in [4.78, 5) is 15.6. The van der Waals surface area contributed by atoms with E-state index in [9.17, 15) is 14.3 Å². The Morgan fingerprint density at radius 1 is 1.21 bits per heavy atom. The van der Waals surface area contributed by atoms with E-state index in [1.165, 1.54) is 19.2 Å². The number of halogens is 1. The number of rotatable bonds is 3. The number of aromatic nitrogens is 1. The molecule has 4 nitrogen and oxygen atoms in total. The van der Waals surface area contributed by atoms with Crippen molar-refractivity contribution in [2.75, 3.05) is 6.61 Å². The average Bonchev–Trinajstić information content (AvgIpc) is 2.68. The molecule has 0 fully saturated rings. The number of hydrogen-bond acceptors (Lipinski definition) is 4. The van der Waals surface area contributed by atoms with E-state index >= 15 is 0 Å². The number of esters is 1. The van der Waals surface area contributed by atoms with Gasteiger partial charge in [0.1, 0.15) is 11.6 Å². The summed E-state index contributed by atoms with van der Waals surface area (Å²) in [6.45, 7) is 3.62. The largest absolute Gasteiger partial charge is 0.507 e. The number of aromatic hydroxyl groups is 1. The highest BCUT2D eigenvalue weighted by atomic mass is 19.1. The number of phenols is 1. The SMILES string of the molecule is CC(=O)OCC1Cc2c(-c3ccc(F)cn3)cccc2-c2c(O)ccc(C)c21. The van der Waals surface area contributed by atoms with Gasteiger partial charge in [0, 0.05) is 24.0 Å². The fourth-order valence-electron chi connectivity index (χ4n) is 4.05. The monoisotopic (exact) mass is 377 g/mol. The molecule has 3 aromatic rings. The number of hydrogen-bond donors (Lipinski definition) is 1. The van der Waals surface area contributed by atoms with E-state index in [-0.39, 0.29) is 30.1 Å². The summed E-state index contributed by atoms with van der Waals surface area (Å²) in [6.07, 6.45) is 1.83. The van der Waals surface area contributed by atoms with Crippen molar-refractivity contribution in [3.63, 3.8) is 0 Å². The number of aryl methyl sites for hydroxylation is 1. The number of carbonyl (C=O) groups is 1. The minimum atomic E-state index is -0.389. The molecule has 0 saturated heterocycles. The van der Waals surface area contributed by atoms with Crippen molar-refractivity contribution in [2.45, 2.75) is 26.2 Å². The second-order valence-electron chi connectivity index (χ2n) is 7.09. The number of pyridine rings is 1. The Kier molecular flexibility index (Phi) is 4.59. The number of nitrogens with zero attached hydrogens (tertiary/aromatic N) is 1. The van der Waals surface area contributed by atoms with E-state index < -0.39 is 0 Å². The van der Waals surface area contributed by atoms with Crippen molar-refractivity contribution in [1.82, 2.24) is 4.98 Å². The molecule has 5 heteroatoms. The van der Waals surface area contributed by atoms with Crippen LogP contribution in [0.1, 0.15) is 29.5 Å². The second-order valence-corrected chi connectivity index (χ2v) is 7.09. The van der Waals surface area contributed by atoms with E-state index in [1.54, 1.807) is 12.1 Å². The normalized spacial score (nSPS) is 14.9. The van der Waals surface area contributed by atoms with E-state index in [1.807, 2.05) is 31.2 Å². The van der Waals surface area contributed by atoms with Crippen molar-refractivity contribution in [3.8, 4) is 28.1 Å². The Morgan fingerprint density at radius 2 is 2.00 bits per heavy atom. The molecule has 0 spiro atoms. The zero-order chi connectivity index (χ0) is 19.8. The molecular formula is C23H20FNO3. The fraction of sp³-hybridized carbons (Fsp3) is 0.217. The first-order chi connectivity index (χ1) is 13.5. The first-order valence-electron chi connectivity index (χ1n) is 9.15. The van der Waals surface area contributed by atoms with Gasteiger partial charge in [-0.25, -0.2) is 4.39 Å². The molecular weight excluding hydrogens is 357 g/mol. The van der Waals surface area contributed by atoms with Crippen LogP contribution in [0.4, 0.5) is 4.39 Å². The summed E-state index contributed by atoms with van der Waals surface area (Å²) in [7, 11) is 0. The summed E-state index contributed by atoms with van der Waals surface area (Å²) in [5, 5.41) is 10.6. The standard InChI is InChI=1S/C23H20FNO3/c1-13-6-9-21(27)23-18-5-3-4-17(20-8-7-16(24)11-25-20)19(18)10-15(22(13)23)12-28-14(2)26/h3-9,11,15,27H,10,12H2,1-2H3. The minimum absolute atomic E-state index is 0.0832. The molecule has 1 heterocycles. The molecule has 2 aromatic carbocycles. The van der Waals surface area contributed by atoms with Gasteiger partial charge in [-0.2, -0.15) is 0 Å². The van der Waals surface area contributed by atoms with Crippen LogP contribution in [0, 0.1) is 12.7 Å². The summed E-state index contributed by atoms with van der Waals surface area (Å²) in [6, 6.07) is 12.4. The van der Waals surface area contributed by atoms with Gasteiger partial charge in [-0.15, -0.1) is 0 Å². The van der Waals surface area contributed by atoms with Gasteiger partial charge in [0.15, 0.2) is 0 Å². The number of benzene rings is 2. The number of fused-ring (bicyclic) bond motifs is 3. The van der Waals surface area contributed by atoms with Crippen LogP contribution in [-0.2, 0) is 16.0 Å². The third kappa shape index (κ3) is 3.13. The van der Waals surface area contributed by atoms with Crippen LogP contribution in [-0.4, -0.2) is 22.7 Å². The van der Waals surface area contributed by atoms with Gasteiger partial charge in [-0.3, -0.25) is 9.78 Å². The number of carbonyl (C=O) groups excluding carboxylic acids is 1. The Bertz CT molecular complexity index is 1060. The number of phenolic OH excluding ortho intramolecular Hbond substituents is 1. The van der Waals surface area contributed by atoms with Crippen molar-refractivity contribution in [1.29, 1.82) is 0 Å². The summed E-state index contributed by atoms with van der Waals surface area (Å²) < 4.78 is 18.7. The zero-order valence-corrected chi connectivity index (χ0v) is 15.7. The van der Waals surface area contributed by atoms with Crippen LogP contribution in [0.3, 0.4) is 0 Å². The summed E-state index contributed by atoms with van der Waals surface area (Å²) in [5.41, 5.74) is 6.30. The van der Waals surface area contributed by atoms with E-state index in [4.69, 9.17) is 4.74 Å². The topological polar surface area (TPSA) is 59.4 Å². The smallest absolute Gasteiger partial charge is 0.302 e. The summed E-state index contributed by atoms with van der Waals surface area (Å²) >= 11 is 0. The first-order valence-corrected chi connectivity index (χ1v) is 9.15. The molecule has 0 amide bonds. The second kappa shape index (κ2) is 7.08. The molecule has 4 rings (SSSR count). The lowest BCUT2D eigenvalue weighted by Crippen LogP contribution is -2.20. The van der Waals surface area contributed by atoms with Gasteiger partial charge in [0.25, 0.3) is 0 Å². The van der Waals surface area contributed by atoms with Crippen LogP contribution >= 0.6 is 0 Å². The molecule has 1 aliphatic carbocycles. The molecule has 0 aliphatic heterocycles. The van der Waals surface area contributed by atoms with E-state index in [0.29, 0.717) is 12.1 Å². The molecule has 0 bridgehead atoms. The predicted octanol–water partition coefficient (Wildman–Crippen LogP) is 4.77. The van der Waals surface area contributed by atoms with Crippen molar-refractivity contribution < 1.29 is 19.0 Å². The van der Waals surface area contributed by atoms with Crippen molar-refractivity contribution in [2.24, 2.45) is 0 Å². The van der Waals surface area contributed by atoms with Gasteiger partial charge in [0.05, 0.1) is 18.5 Å². The Balaban J connectivity index is 1.92. The van der Waals surface area contributed by atoms with Crippen LogP contribution in [0.15, 0.2) is 48.7 Å². The minimum Gasteiger partial charge on any atom is -0.507 e. The lowest BCUT2D eigenvalue weighted by molar-refractivity contribution is -0.141. The maximum Gasteiger partial charge on any atom is 0.302 e. The third-order valence-corrected chi connectivity index (χ3v) is 5.24. The van der Waals surface area contributed by atoms with Crippen LogP contribution in [0.2, 0.25) is 0 Å². The van der Waals surface area contributed by atoms with Gasteiger partial charge in [-0.1, -0.05) is 24.3 Å². The average molecular weight is 377 g/mol. The van der Waals surface area contributed by atoms with Crippen LogP contribution in [0.5, 0.6) is 5.75 Å². The molecule has 0 saturated carbocycles. The maximum atomic E-state index is 13.3. The van der Waals surface area contributed by atoms with Crippen molar-refractivity contribution >= 4 is 5.97 Å². The summed E-state index contributed by atoms with van der Waals surface area (Å²) in [5.74, 6) is -0.614. The molecule has 0 radical (unpaired) electrons. The van der Waals surface area contributed by atoms with Crippen molar-refractivity contribution in [3.05, 3.63) is 71.2 Å². The van der Waals surface area contributed by atoms with E-state index in [2.05, 4.69) is 4.98 Å². The van der Waals surface area contributed by atoms with Gasteiger partial charge in [0.2, 0.25) is 0 Å². The van der Waals surface area contributed by atoms with E-state index in [0.717, 1.165) is 33.4 Å². The lowest BCUT2D eigenvalue weighted by Gasteiger charge is -2.31. The Hall–Kier alpha value is -3.21.